The maximum atomic E-state index is 12.4. The van der Waals surface area contributed by atoms with Crippen LogP contribution in [0.15, 0.2) is 42.5 Å². The van der Waals surface area contributed by atoms with Gasteiger partial charge in [0.1, 0.15) is 5.75 Å². The molecule has 126 valence electrons. The molecular weight excluding hydrogens is 322 g/mol. The first-order valence-electron chi connectivity index (χ1n) is 8.38. The van der Waals surface area contributed by atoms with Crippen molar-refractivity contribution >= 4 is 17.5 Å². The number of ether oxygens (including phenoxy) is 1. The van der Waals surface area contributed by atoms with E-state index in [0.717, 1.165) is 12.0 Å². The highest BCUT2D eigenvalue weighted by molar-refractivity contribution is 6.32. The van der Waals surface area contributed by atoms with E-state index in [1.165, 1.54) is 24.0 Å². The molecule has 1 aliphatic carbocycles. The number of carbonyl (C=O) groups excluding carboxylic acids is 1. The molecule has 4 heteroatoms. The van der Waals surface area contributed by atoms with Crippen molar-refractivity contribution in [1.29, 1.82) is 0 Å². The van der Waals surface area contributed by atoms with Gasteiger partial charge in [0.2, 0.25) is 0 Å². The van der Waals surface area contributed by atoms with Gasteiger partial charge in [-0.15, -0.1) is 0 Å². The summed E-state index contributed by atoms with van der Waals surface area (Å²) in [5, 5.41) is 3.52. The number of fused-ring (bicyclic) bond motifs is 1. The number of amides is 1. The summed E-state index contributed by atoms with van der Waals surface area (Å²) in [5.74, 6) is 0.370. The summed E-state index contributed by atoms with van der Waals surface area (Å²) in [6.45, 7) is 3.73. The third kappa shape index (κ3) is 3.73. The highest BCUT2D eigenvalue weighted by Gasteiger charge is 2.20. The summed E-state index contributed by atoms with van der Waals surface area (Å²) in [5.41, 5.74) is 3.98. The Morgan fingerprint density at radius 1 is 1.12 bits per heavy atom. The first-order chi connectivity index (χ1) is 11.5. The standard InChI is InChI=1S/C20H22ClNO2/c1-13(16-11-10-15-6-5-7-17(15)12-16)22-20(23)14(2)24-19-9-4-3-8-18(19)21/h3-4,8-14H,5-7H2,1-2H3,(H,22,23)/t13-,14-/m1/s1. The van der Waals surface area contributed by atoms with Crippen LogP contribution < -0.4 is 10.1 Å². The summed E-state index contributed by atoms with van der Waals surface area (Å²) in [6, 6.07) is 13.6. The van der Waals surface area contributed by atoms with E-state index < -0.39 is 6.10 Å². The molecule has 2 aromatic carbocycles. The number of benzene rings is 2. The van der Waals surface area contributed by atoms with Crippen LogP contribution in [0.2, 0.25) is 5.02 Å². The van der Waals surface area contributed by atoms with Crippen molar-refractivity contribution in [3.05, 3.63) is 64.2 Å². The van der Waals surface area contributed by atoms with Crippen molar-refractivity contribution in [2.45, 2.75) is 45.3 Å². The fourth-order valence-electron chi connectivity index (χ4n) is 3.06. The summed E-state index contributed by atoms with van der Waals surface area (Å²) in [7, 11) is 0. The summed E-state index contributed by atoms with van der Waals surface area (Å²) in [4.78, 5) is 12.4. The predicted molar refractivity (Wildman–Crippen MR) is 96.6 cm³/mol. The molecule has 0 aliphatic heterocycles. The maximum Gasteiger partial charge on any atom is 0.261 e. The molecule has 1 aliphatic rings. The smallest absolute Gasteiger partial charge is 0.261 e. The molecule has 0 saturated carbocycles. The van der Waals surface area contributed by atoms with Crippen LogP contribution in [0.3, 0.4) is 0 Å². The Bertz CT molecular complexity index is 744. The van der Waals surface area contributed by atoms with Crippen LogP contribution in [-0.2, 0) is 17.6 Å². The van der Waals surface area contributed by atoms with Gasteiger partial charge < -0.3 is 10.1 Å². The van der Waals surface area contributed by atoms with Gasteiger partial charge in [-0.3, -0.25) is 4.79 Å². The number of carbonyl (C=O) groups is 1. The SMILES string of the molecule is C[C@@H](Oc1ccccc1Cl)C(=O)N[C@H](C)c1ccc2c(c1)CCC2. The second kappa shape index (κ2) is 7.27. The van der Waals surface area contributed by atoms with Gasteiger partial charge in [0, 0.05) is 0 Å². The number of halogens is 1. The second-order valence-electron chi connectivity index (χ2n) is 6.30. The molecule has 0 radical (unpaired) electrons. The van der Waals surface area contributed by atoms with E-state index in [4.69, 9.17) is 16.3 Å². The van der Waals surface area contributed by atoms with E-state index >= 15 is 0 Å². The molecule has 0 spiro atoms. The van der Waals surface area contributed by atoms with Gasteiger partial charge in [-0.25, -0.2) is 0 Å². The molecular formula is C20H22ClNO2. The maximum absolute atomic E-state index is 12.4. The molecule has 2 aromatic rings. The van der Waals surface area contributed by atoms with Gasteiger partial charge in [0.15, 0.2) is 6.10 Å². The number of aryl methyl sites for hydroxylation is 2. The minimum absolute atomic E-state index is 0.0549. The second-order valence-corrected chi connectivity index (χ2v) is 6.71. The molecule has 2 atom stereocenters. The van der Waals surface area contributed by atoms with Crippen molar-refractivity contribution in [3.63, 3.8) is 0 Å². The van der Waals surface area contributed by atoms with Crippen LogP contribution in [0.5, 0.6) is 5.75 Å². The first kappa shape index (κ1) is 16.8. The Kier molecular flexibility index (Phi) is 5.10. The molecule has 0 heterocycles. The zero-order valence-electron chi connectivity index (χ0n) is 14.0. The monoisotopic (exact) mass is 343 g/mol. The van der Waals surface area contributed by atoms with Crippen molar-refractivity contribution < 1.29 is 9.53 Å². The fourth-order valence-corrected chi connectivity index (χ4v) is 3.24. The number of nitrogens with one attached hydrogen (secondary N) is 1. The topological polar surface area (TPSA) is 38.3 Å². The Hall–Kier alpha value is -2.00. The molecule has 0 fully saturated rings. The minimum Gasteiger partial charge on any atom is -0.479 e. The average Bonchev–Trinajstić information content (AvgIpc) is 3.04. The zero-order chi connectivity index (χ0) is 17.1. The van der Waals surface area contributed by atoms with Crippen LogP contribution >= 0.6 is 11.6 Å². The predicted octanol–water partition coefficient (Wildman–Crippen LogP) is 4.47. The van der Waals surface area contributed by atoms with Gasteiger partial charge >= 0.3 is 0 Å². The molecule has 0 aromatic heterocycles. The lowest BCUT2D eigenvalue weighted by molar-refractivity contribution is -0.127. The quantitative estimate of drug-likeness (QED) is 0.869. The van der Waals surface area contributed by atoms with Crippen LogP contribution in [0, 0.1) is 0 Å². The molecule has 3 nitrogen and oxygen atoms in total. The Morgan fingerprint density at radius 3 is 2.67 bits per heavy atom. The number of hydrogen-bond donors (Lipinski definition) is 1. The van der Waals surface area contributed by atoms with Gasteiger partial charge in [0.25, 0.3) is 5.91 Å². The highest BCUT2D eigenvalue weighted by Crippen LogP contribution is 2.26. The zero-order valence-corrected chi connectivity index (χ0v) is 14.8. The first-order valence-corrected chi connectivity index (χ1v) is 8.75. The van der Waals surface area contributed by atoms with Gasteiger partial charge in [0.05, 0.1) is 11.1 Å². The van der Waals surface area contributed by atoms with E-state index in [0.29, 0.717) is 10.8 Å². The van der Waals surface area contributed by atoms with E-state index in [9.17, 15) is 4.79 Å². The molecule has 0 unspecified atom stereocenters. The minimum atomic E-state index is -0.609. The van der Waals surface area contributed by atoms with Crippen molar-refractivity contribution in [2.75, 3.05) is 0 Å². The lowest BCUT2D eigenvalue weighted by Gasteiger charge is -2.20. The van der Waals surface area contributed by atoms with E-state index in [-0.39, 0.29) is 11.9 Å². The van der Waals surface area contributed by atoms with Crippen LogP contribution in [0.1, 0.15) is 43.0 Å². The molecule has 1 amide bonds. The number of para-hydroxylation sites is 1. The number of rotatable bonds is 5. The molecule has 0 saturated heterocycles. The fraction of sp³-hybridized carbons (Fsp3) is 0.350. The molecule has 24 heavy (non-hydrogen) atoms. The van der Waals surface area contributed by atoms with E-state index in [1.54, 1.807) is 19.1 Å². The van der Waals surface area contributed by atoms with Gasteiger partial charge in [-0.2, -0.15) is 0 Å². The molecule has 0 bridgehead atoms. The van der Waals surface area contributed by atoms with E-state index in [2.05, 4.69) is 23.5 Å². The van der Waals surface area contributed by atoms with Gasteiger partial charge in [-0.05, 0) is 61.9 Å². The molecule has 3 rings (SSSR count). The Labute approximate surface area is 148 Å². The summed E-state index contributed by atoms with van der Waals surface area (Å²) < 4.78 is 5.67. The average molecular weight is 344 g/mol. The molecule has 1 N–H and O–H groups in total. The van der Waals surface area contributed by atoms with Crippen LogP contribution in [0.4, 0.5) is 0 Å². The lowest BCUT2D eigenvalue weighted by Crippen LogP contribution is -2.37. The summed E-state index contributed by atoms with van der Waals surface area (Å²) >= 11 is 6.07. The van der Waals surface area contributed by atoms with E-state index in [1.807, 2.05) is 19.1 Å². The highest BCUT2D eigenvalue weighted by atomic mass is 35.5. The lowest BCUT2D eigenvalue weighted by atomic mass is 10.0. The van der Waals surface area contributed by atoms with Crippen molar-refractivity contribution in [3.8, 4) is 5.75 Å². The Morgan fingerprint density at radius 2 is 1.88 bits per heavy atom. The van der Waals surface area contributed by atoms with Crippen molar-refractivity contribution in [2.24, 2.45) is 0 Å². The third-order valence-electron chi connectivity index (χ3n) is 4.49. The largest absolute Gasteiger partial charge is 0.479 e. The van der Waals surface area contributed by atoms with Crippen LogP contribution in [0.25, 0.3) is 0 Å². The number of hydrogen-bond acceptors (Lipinski definition) is 2. The third-order valence-corrected chi connectivity index (χ3v) is 4.80. The van der Waals surface area contributed by atoms with Crippen molar-refractivity contribution in [1.82, 2.24) is 5.32 Å². The normalized spacial score (nSPS) is 15.5. The Balaban J connectivity index is 1.62. The van der Waals surface area contributed by atoms with Crippen LogP contribution in [-0.4, -0.2) is 12.0 Å². The van der Waals surface area contributed by atoms with Gasteiger partial charge in [-0.1, -0.05) is 41.9 Å². The summed E-state index contributed by atoms with van der Waals surface area (Å²) in [6.07, 6.45) is 2.92.